The monoisotopic (exact) mass is 679 g/mol. The molecule has 3 saturated heterocycles. The van der Waals surface area contributed by atoms with Crippen molar-refractivity contribution in [1.29, 1.82) is 0 Å². The van der Waals surface area contributed by atoms with E-state index in [0.29, 0.717) is 25.7 Å². The molecule has 270 valence electrons. The van der Waals surface area contributed by atoms with E-state index in [2.05, 4.69) is 33.9 Å². The third-order valence-electron chi connectivity index (χ3n) is 10.5. The van der Waals surface area contributed by atoms with Gasteiger partial charge in [-0.25, -0.2) is 0 Å². The van der Waals surface area contributed by atoms with Gasteiger partial charge >= 0.3 is 5.97 Å². The van der Waals surface area contributed by atoms with Crippen molar-refractivity contribution in [3.63, 3.8) is 0 Å². The number of hydrogen-bond donors (Lipinski definition) is 1. The number of carbonyl (C=O) groups is 4. The highest BCUT2D eigenvalue weighted by atomic mass is 16.6. The van der Waals surface area contributed by atoms with Crippen molar-refractivity contribution in [2.75, 3.05) is 26.7 Å². The number of aliphatic hydroxyl groups excluding tert-OH is 1. The lowest BCUT2D eigenvalue weighted by Crippen LogP contribution is -2.61. The van der Waals surface area contributed by atoms with Crippen LogP contribution < -0.4 is 0 Å². The molecule has 4 rings (SSSR count). The van der Waals surface area contributed by atoms with Crippen molar-refractivity contribution in [2.24, 2.45) is 17.3 Å². The Hall–Kier alpha value is -3.50. The Bertz CT molecular complexity index is 1390. The van der Waals surface area contributed by atoms with Crippen molar-refractivity contribution < 1.29 is 33.8 Å². The number of carbonyl (C=O) groups excluding carboxylic acids is 4. The lowest BCUT2D eigenvalue weighted by molar-refractivity contribution is -0.165. The molecular formula is C39H57N3O7. The molecule has 0 aromatic heterocycles. The molecular weight excluding hydrogens is 622 g/mol. The van der Waals surface area contributed by atoms with Crippen LogP contribution in [0.25, 0.3) is 0 Å². The Kier molecular flexibility index (Phi) is 11.9. The highest BCUT2D eigenvalue weighted by Gasteiger charge is 2.75. The van der Waals surface area contributed by atoms with E-state index in [-0.39, 0.29) is 55.7 Å². The predicted octanol–water partition coefficient (Wildman–Crippen LogP) is 5.07. The van der Waals surface area contributed by atoms with E-state index in [9.17, 15) is 24.3 Å². The fourth-order valence-corrected chi connectivity index (χ4v) is 8.61. The molecule has 49 heavy (non-hydrogen) atoms. The minimum Gasteiger partial charge on any atom is -0.455 e. The third kappa shape index (κ3) is 7.65. The summed E-state index contributed by atoms with van der Waals surface area (Å²) in [4.78, 5) is 61.6. The summed E-state index contributed by atoms with van der Waals surface area (Å²) in [5.41, 5.74) is -1.14. The molecule has 0 aliphatic carbocycles. The molecule has 3 heterocycles. The van der Waals surface area contributed by atoms with Crippen molar-refractivity contribution in [2.45, 2.75) is 115 Å². The summed E-state index contributed by atoms with van der Waals surface area (Å²) in [6.45, 7) is 20.2. The van der Waals surface area contributed by atoms with Crippen LogP contribution in [-0.2, 0) is 28.7 Å². The van der Waals surface area contributed by atoms with Gasteiger partial charge < -0.3 is 29.3 Å². The smallest absolute Gasteiger partial charge is 0.313 e. The Morgan fingerprint density at radius 2 is 1.82 bits per heavy atom. The zero-order valence-corrected chi connectivity index (χ0v) is 30.5. The predicted molar refractivity (Wildman–Crippen MR) is 188 cm³/mol. The summed E-state index contributed by atoms with van der Waals surface area (Å²) in [5, 5.41) is 9.77. The quantitative estimate of drug-likeness (QED) is 0.192. The normalized spacial score (nSPS) is 25.8. The van der Waals surface area contributed by atoms with E-state index in [1.807, 2.05) is 51.1 Å². The average molecular weight is 680 g/mol. The molecule has 3 aliphatic heterocycles. The van der Waals surface area contributed by atoms with Crippen molar-refractivity contribution >= 4 is 23.7 Å². The van der Waals surface area contributed by atoms with Gasteiger partial charge in [0.1, 0.15) is 17.7 Å². The minimum absolute atomic E-state index is 0.0833. The first-order valence-corrected chi connectivity index (χ1v) is 17.7. The SMILES string of the molecule is C=CCCC(=O)N(C)[C@@H](C)[C@@H](OC(=O)[C@@H]1[C@@H]2CC[C@]3(O2)[C@H](C(=O)N(CC=C)C(C)(C)CC(C)(C)C)N(CCCO)C(=O)[C@@H]13)c1ccccc1. The molecule has 10 nitrogen and oxygen atoms in total. The third-order valence-corrected chi connectivity index (χ3v) is 10.5. The molecule has 1 aromatic carbocycles. The molecule has 7 atom stereocenters. The molecule has 1 spiro atoms. The number of ether oxygens (including phenoxy) is 2. The lowest BCUT2D eigenvalue weighted by Gasteiger charge is -2.45. The van der Waals surface area contributed by atoms with E-state index >= 15 is 0 Å². The molecule has 3 amide bonds. The van der Waals surface area contributed by atoms with E-state index in [4.69, 9.17) is 9.47 Å². The Morgan fingerprint density at radius 1 is 1.14 bits per heavy atom. The number of amides is 3. The van der Waals surface area contributed by atoms with Crippen molar-refractivity contribution in [3.05, 3.63) is 61.2 Å². The molecule has 2 bridgehead atoms. The Balaban J connectivity index is 1.70. The highest BCUT2D eigenvalue weighted by molar-refractivity contribution is 5.98. The summed E-state index contributed by atoms with van der Waals surface area (Å²) < 4.78 is 13.0. The van der Waals surface area contributed by atoms with Crippen LogP contribution in [-0.4, -0.2) is 99.6 Å². The standard InChI is InChI=1S/C39H57N3O7/c1-10-12-19-29(44)40(9)26(3)32(27-17-14-13-15-18-27)48-36(47)30-28-20-21-39(49-28)31(30)34(45)41(23-16-24-43)33(39)35(46)42(22-11-2)38(7,8)25-37(4,5)6/h10-11,13-15,17-18,26,28,30-33,43H,1-2,12,16,19-25H2,3-9H3/t26-,28-,30+,31+,32+,33-,39+/m0/s1. The number of nitrogens with zero attached hydrogens (tertiary/aromatic N) is 3. The first-order chi connectivity index (χ1) is 23.0. The molecule has 0 saturated carbocycles. The van der Waals surface area contributed by atoms with Crippen LogP contribution in [0.2, 0.25) is 0 Å². The molecule has 0 unspecified atom stereocenters. The molecule has 1 aromatic rings. The molecule has 3 fully saturated rings. The number of hydrogen-bond acceptors (Lipinski definition) is 7. The maximum absolute atomic E-state index is 14.8. The topological polar surface area (TPSA) is 117 Å². The first kappa shape index (κ1) is 38.3. The number of rotatable bonds is 16. The summed E-state index contributed by atoms with van der Waals surface area (Å²) in [6, 6.07) is 7.81. The summed E-state index contributed by atoms with van der Waals surface area (Å²) in [6.07, 6.45) is 4.74. The van der Waals surface area contributed by atoms with E-state index < -0.39 is 53.2 Å². The molecule has 3 aliphatic rings. The van der Waals surface area contributed by atoms with Crippen LogP contribution in [0.1, 0.15) is 91.7 Å². The number of allylic oxidation sites excluding steroid dienone is 1. The van der Waals surface area contributed by atoms with Gasteiger partial charge in [-0.2, -0.15) is 0 Å². The van der Waals surface area contributed by atoms with Crippen molar-refractivity contribution in [3.8, 4) is 0 Å². The van der Waals surface area contributed by atoms with E-state index in [1.165, 1.54) is 4.90 Å². The second-order valence-electron chi connectivity index (χ2n) is 15.8. The molecule has 10 heteroatoms. The first-order valence-electron chi connectivity index (χ1n) is 17.7. The molecule has 1 N–H and O–H groups in total. The number of esters is 1. The average Bonchev–Trinajstić information content (AvgIpc) is 3.69. The van der Waals surface area contributed by atoms with Crippen LogP contribution >= 0.6 is 0 Å². The minimum atomic E-state index is -1.21. The largest absolute Gasteiger partial charge is 0.455 e. The number of likely N-dealkylation sites (tertiary alicyclic amines) is 1. The van der Waals surface area contributed by atoms with Gasteiger partial charge in [-0.3, -0.25) is 19.2 Å². The lowest BCUT2D eigenvalue weighted by atomic mass is 9.70. The Labute approximate surface area is 292 Å². The van der Waals surface area contributed by atoms with E-state index in [1.54, 1.807) is 29.0 Å². The van der Waals surface area contributed by atoms with Gasteiger partial charge in [0.25, 0.3) is 0 Å². The maximum Gasteiger partial charge on any atom is 0.313 e. The second kappa shape index (κ2) is 15.2. The number of fused-ring (bicyclic) bond motifs is 1. The fraction of sp³-hybridized carbons (Fsp3) is 0.641. The number of likely N-dealkylation sites (N-methyl/N-ethyl adjacent to an activating group) is 1. The van der Waals surface area contributed by atoms with Gasteiger partial charge in [0, 0.05) is 38.7 Å². The van der Waals surface area contributed by atoms with Gasteiger partial charge in [0.2, 0.25) is 17.7 Å². The number of aliphatic hydroxyl groups is 1. The van der Waals surface area contributed by atoms with Crippen LogP contribution in [0.15, 0.2) is 55.6 Å². The zero-order chi connectivity index (χ0) is 36.3. The zero-order valence-electron chi connectivity index (χ0n) is 30.5. The van der Waals surface area contributed by atoms with Crippen LogP contribution in [0, 0.1) is 17.3 Å². The maximum atomic E-state index is 14.8. The second-order valence-corrected chi connectivity index (χ2v) is 15.8. The van der Waals surface area contributed by atoms with Gasteiger partial charge in [-0.05, 0) is 63.9 Å². The fourth-order valence-electron chi connectivity index (χ4n) is 8.61. The highest BCUT2D eigenvalue weighted by Crippen LogP contribution is 2.59. The Morgan fingerprint density at radius 3 is 2.41 bits per heavy atom. The van der Waals surface area contributed by atoms with Crippen LogP contribution in [0.4, 0.5) is 0 Å². The summed E-state index contributed by atoms with van der Waals surface area (Å²) in [5.74, 6) is -3.09. The summed E-state index contributed by atoms with van der Waals surface area (Å²) in [7, 11) is 1.70. The van der Waals surface area contributed by atoms with Gasteiger partial charge in [-0.15, -0.1) is 13.2 Å². The van der Waals surface area contributed by atoms with Crippen molar-refractivity contribution in [1.82, 2.24) is 14.7 Å². The number of benzene rings is 1. The van der Waals surface area contributed by atoms with Crippen LogP contribution in [0.3, 0.4) is 0 Å². The molecule has 0 radical (unpaired) electrons. The van der Waals surface area contributed by atoms with Crippen LogP contribution in [0.5, 0.6) is 0 Å². The van der Waals surface area contributed by atoms with Gasteiger partial charge in [0.15, 0.2) is 0 Å². The van der Waals surface area contributed by atoms with E-state index in [0.717, 1.165) is 5.56 Å². The van der Waals surface area contributed by atoms with Gasteiger partial charge in [-0.1, -0.05) is 63.3 Å². The van der Waals surface area contributed by atoms with Gasteiger partial charge in [0.05, 0.1) is 24.0 Å². The summed E-state index contributed by atoms with van der Waals surface area (Å²) >= 11 is 0.